The van der Waals surface area contributed by atoms with Crippen molar-refractivity contribution >= 4 is 21.6 Å². The zero-order chi connectivity index (χ0) is 20.7. The number of ether oxygens (including phenoxy) is 2. The number of anilines is 1. The quantitative estimate of drug-likeness (QED) is 0.646. The van der Waals surface area contributed by atoms with Gasteiger partial charge in [-0.05, 0) is 43.2 Å². The van der Waals surface area contributed by atoms with Crippen LogP contribution in [0, 0.1) is 13.8 Å². The maximum Gasteiger partial charge on any atom is 0.240 e. The molecule has 0 fully saturated rings. The van der Waals surface area contributed by atoms with Gasteiger partial charge in [-0.15, -0.1) is 0 Å². The van der Waals surface area contributed by atoms with E-state index >= 15 is 0 Å². The molecule has 0 radical (unpaired) electrons. The van der Waals surface area contributed by atoms with Crippen LogP contribution in [-0.2, 0) is 14.8 Å². The maximum atomic E-state index is 12.3. The van der Waals surface area contributed by atoms with Crippen LogP contribution >= 0.6 is 0 Å². The number of hydrogen-bond acceptors (Lipinski definition) is 5. The molecule has 0 bridgehead atoms. The van der Waals surface area contributed by atoms with Gasteiger partial charge >= 0.3 is 0 Å². The van der Waals surface area contributed by atoms with Gasteiger partial charge in [-0.25, -0.2) is 8.42 Å². The molecule has 0 aromatic heterocycles. The highest BCUT2D eigenvalue weighted by atomic mass is 32.2. The molecule has 2 rings (SSSR count). The summed E-state index contributed by atoms with van der Waals surface area (Å²) in [6.07, 6.45) is 1.09. The highest BCUT2D eigenvalue weighted by molar-refractivity contribution is 7.92. The van der Waals surface area contributed by atoms with Gasteiger partial charge in [0.2, 0.25) is 15.9 Å². The summed E-state index contributed by atoms with van der Waals surface area (Å²) in [5.41, 5.74) is 2.28. The number of nitrogens with one attached hydrogen (secondary N) is 1. The van der Waals surface area contributed by atoms with Crippen molar-refractivity contribution in [3.8, 4) is 11.5 Å². The zero-order valence-electron chi connectivity index (χ0n) is 16.6. The molecule has 1 amide bonds. The van der Waals surface area contributed by atoms with Crippen LogP contribution in [-0.4, -0.2) is 47.4 Å². The first-order chi connectivity index (χ1) is 13.2. The molecule has 0 spiro atoms. The number of hydrogen-bond donors (Lipinski definition) is 1. The van der Waals surface area contributed by atoms with Gasteiger partial charge in [-0.3, -0.25) is 9.10 Å². The van der Waals surface area contributed by atoms with E-state index in [-0.39, 0.29) is 19.7 Å². The first-order valence-corrected chi connectivity index (χ1v) is 10.6. The number of carbonyl (C=O) groups excluding carboxylic acids is 1. The van der Waals surface area contributed by atoms with Crippen molar-refractivity contribution in [2.45, 2.75) is 13.8 Å². The van der Waals surface area contributed by atoms with Gasteiger partial charge in [0, 0.05) is 6.07 Å². The average Bonchev–Trinajstić information content (AvgIpc) is 2.65. The number of benzene rings is 2. The maximum absolute atomic E-state index is 12.3. The van der Waals surface area contributed by atoms with E-state index in [9.17, 15) is 13.2 Å². The van der Waals surface area contributed by atoms with E-state index in [0.29, 0.717) is 17.2 Å². The van der Waals surface area contributed by atoms with Gasteiger partial charge in [0.1, 0.15) is 24.7 Å². The molecule has 28 heavy (non-hydrogen) atoms. The van der Waals surface area contributed by atoms with E-state index in [2.05, 4.69) is 5.32 Å². The topological polar surface area (TPSA) is 84.9 Å². The molecule has 1 N–H and O–H groups in total. The van der Waals surface area contributed by atoms with E-state index in [4.69, 9.17) is 9.47 Å². The van der Waals surface area contributed by atoms with E-state index < -0.39 is 15.9 Å². The number of carbonyl (C=O) groups is 1. The van der Waals surface area contributed by atoms with Crippen molar-refractivity contribution < 1.29 is 22.7 Å². The number of nitrogens with zero attached hydrogens (tertiary/aromatic N) is 1. The second kappa shape index (κ2) is 9.45. The SMILES string of the molecule is COc1cccc(OCCNC(=O)CN(c2cccc(C)c2C)S(C)(=O)=O)c1. The minimum atomic E-state index is -3.61. The van der Waals surface area contributed by atoms with Crippen molar-refractivity contribution in [2.75, 3.05) is 37.4 Å². The summed E-state index contributed by atoms with van der Waals surface area (Å²) < 4.78 is 36.2. The summed E-state index contributed by atoms with van der Waals surface area (Å²) in [5.74, 6) is 0.904. The van der Waals surface area contributed by atoms with Gasteiger partial charge in [0.25, 0.3) is 0 Å². The third kappa shape index (κ3) is 5.88. The number of aryl methyl sites for hydroxylation is 1. The number of amides is 1. The molecule has 2 aromatic rings. The molecular weight excluding hydrogens is 380 g/mol. The molecule has 152 valence electrons. The minimum absolute atomic E-state index is 0.250. The Morgan fingerprint density at radius 2 is 1.79 bits per heavy atom. The Kier molecular flexibility index (Phi) is 7.28. The van der Waals surface area contributed by atoms with E-state index in [1.54, 1.807) is 37.4 Å². The highest BCUT2D eigenvalue weighted by Gasteiger charge is 2.22. The summed E-state index contributed by atoms with van der Waals surface area (Å²) in [4.78, 5) is 12.3. The number of sulfonamides is 1. The van der Waals surface area contributed by atoms with Crippen LogP contribution < -0.4 is 19.1 Å². The predicted octanol–water partition coefficient (Wildman–Crippen LogP) is 2.27. The van der Waals surface area contributed by atoms with Crippen molar-refractivity contribution in [3.05, 3.63) is 53.6 Å². The largest absolute Gasteiger partial charge is 0.497 e. The molecule has 0 aliphatic carbocycles. The van der Waals surface area contributed by atoms with Crippen LogP contribution in [0.5, 0.6) is 11.5 Å². The molecule has 0 aliphatic rings. The van der Waals surface area contributed by atoms with E-state index in [1.807, 2.05) is 26.0 Å². The fourth-order valence-electron chi connectivity index (χ4n) is 2.62. The Labute approximate surface area is 166 Å². The molecule has 8 heteroatoms. The summed E-state index contributed by atoms with van der Waals surface area (Å²) in [6.45, 7) is 3.95. The van der Waals surface area contributed by atoms with Gasteiger partial charge in [0.05, 0.1) is 25.6 Å². The van der Waals surface area contributed by atoms with Crippen molar-refractivity contribution in [1.82, 2.24) is 5.32 Å². The summed E-state index contributed by atoms with van der Waals surface area (Å²) >= 11 is 0. The normalized spacial score (nSPS) is 11.0. The molecule has 2 aromatic carbocycles. The summed E-state index contributed by atoms with van der Waals surface area (Å²) in [7, 11) is -2.03. The summed E-state index contributed by atoms with van der Waals surface area (Å²) in [5, 5.41) is 2.69. The minimum Gasteiger partial charge on any atom is -0.497 e. The Morgan fingerprint density at radius 1 is 1.11 bits per heavy atom. The van der Waals surface area contributed by atoms with Gasteiger partial charge < -0.3 is 14.8 Å². The van der Waals surface area contributed by atoms with Gasteiger partial charge in [-0.1, -0.05) is 18.2 Å². The van der Waals surface area contributed by atoms with Crippen LogP contribution in [0.15, 0.2) is 42.5 Å². The molecule has 7 nitrogen and oxygen atoms in total. The molecule has 0 aliphatic heterocycles. The third-order valence-corrected chi connectivity index (χ3v) is 5.39. The molecule has 0 atom stereocenters. The molecular formula is C20H26N2O5S. The smallest absolute Gasteiger partial charge is 0.240 e. The fourth-order valence-corrected chi connectivity index (χ4v) is 3.53. The fraction of sp³-hybridized carbons (Fsp3) is 0.350. The van der Waals surface area contributed by atoms with Crippen LogP contribution in [0.4, 0.5) is 5.69 Å². The summed E-state index contributed by atoms with van der Waals surface area (Å²) in [6, 6.07) is 12.5. The monoisotopic (exact) mass is 406 g/mol. The lowest BCUT2D eigenvalue weighted by Gasteiger charge is -2.24. The van der Waals surface area contributed by atoms with Crippen LogP contribution in [0.2, 0.25) is 0 Å². The number of methoxy groups -OCH3 is 1. The molecule has 0 unspecified atom stereocenters. The van der Waals surface area contributed by atoms with Crippen molar-refractivity contribution in [1.29, 1.82) is 0 Å². The van der Waals surface area contributed by atoms with Crippen LogP contribution in [0.1, 0.15) is 11.1 Å². The van der Waals surface area contributed by atoms with Crippen LogP contribution in [0.3, 0.4) is 0 Å². The Morgan fingerprint density at radius 3 is 2.46 bits per heavy atom. The predicted molar refractivity (Wildman–Crippen MR) is 110 cm³/mol. The molecule has 0 saturated carbocycles. The lowest BCUT2D eigenvalue weighted by Crippen LogP contribution is -2.41. The van der Waals surface area contributed by atoms with Gasteiger partial charge in [0.15, 0.2) is 0 Å². The van der Waals surface area contributed by atoms with Crippen LogP contribution in [0.25, 0.3) is 0 Å². The highest BCUT2D eigenvalue weighted by Crippen LogP contribution is 2.24. The lowest BCUT2D eigenvalue weighted by molar-refractivity contribution is -0.119. The third-order valence-electron chi connectivity index (χ3n) is 4.27. The van der Waals surface area contributed by atoms with Crippen molar-refractivity contribution in [2.24, 2.45) is 0 Å². The molecule has 0 saturated heterocycles. The van der Waals surface area contributed by atoms with E-state index in [0.717, 1.165) is 21.7 Å². The molecule has 0 heterocycles. The Hall–Kier alpha value is -2.74. The zero-order valence-corrected chi connectivity index (χ0v) is 17.4. The first kappa shape index (κ1) is 21.6. The Balaban J connectivity index is 1.94. The van der Waals surface area contributed by atoms with Gasteiger partial charge in [-0.2, -0.15) is 0 Å². The average molecular weight is 407 g/mol. The second-order valence-electron chi connectivity index (χ2n) is 6.37. The van der Waals surface area contributed by atoms with E-state index in [1.165, 1.54) is 0 Å². The van der Waals surface area contributed by atoms with Crippen molar-refractivity contribution in [3.63, 3.8) is 0 Å². The Bertz CT molecular complexity index is 928. The standard InChI is InChI=1S/C20H26N2O5S/c1-15-7-5-10-19(16(15)2)22(28(4,24)25)14-20(23)21-11-12-27-18-9-6-8-17(13-18)26-3/h5-10,13H,11-12,14H2,1-4H3,(H,21,23). The number of rotatable bonds is 9. The lowest BCUT2D eigenvalue weighted by atomic mass is 10.1. The first-order valence-electron chi connectivity index (χ1n) is 8.80. The second-order valence-corrected chi connectivity index (χ2v) is 8.27.